The first kappa shape index (κ1) is 13.7. The van der Waals surface area contributed by atoms with Crippen LogP contribution < -0.4 is 4.72 Å². The van der Waals surface area contributed by atoms with Crippen LogP contribution in [0.5, 0.6) is 0 Å². The quantitative estimate of drug-likeness (QED) is 0.794. The molecule has 5 heteroatoms. The van der Waals surface area contributed by atoms with E-state index in [0.717, 1.165) is 5.69 Å². The first-order valence-electron chi connectivity index (χ1n) is 5.24. The molecule has 0 saturated carbocycles. The Balaban J connectivity index is 2.61. The van der Waals surface area contributed by atoms with Gasteiger partial charge >= 0.3 is 0 Å². The molecule has 0 saturated heterocycles. The van der Waals surface area contributed by atoms with Crippen LogP contribution in [0, 0.1) is 12.3 Å². The molecule has 0 aliphatic carbocycles. The van der Waals surface area contributed by atoms with Crippen LogP contribution in [-0.2, 0) is 16.4 Å². The monoisotopic (exact) mass is 252 g/mol. The molecular weight excluding hydrogens is 236 g/mol. The van der Waals surface area contributed by atoms with Gasteiger partial charge in [0.05, 0.1) is 11.3 Å². The van der Waals surface area contributed by atoms with Gasteiger partial charge in [0.2, 0.25) is 10.0 Å². The van der Waals surface area contributed by atoms with Crippen molar-refractivity contribution in [3.05, 3.63) is 30.1 Å². The van der Waals surface area contributed by atoms with Crippen LogP contribution in [0.1, 0.15) is 19.5 Å². The summed E-state index contributed by atoms with van der Waals surface area (Å²) in [5.74, 6) is 2.37. The van der Waals surface area contributed by atoms with E-state index in [1.165, 1.54) is 0 Å². The Morgan fingerprint density at radius 3 is 2.71 bits per heavy atom. The summed E-state index contributed by atoms with van der Waals surface area (Å²) >= 11 is 0. The fourth-order valence-electron chi connectivity index (χ4n) is 1.25. The topological polar surface area (TPSA) is 59.1 Å². The molecule has 0 fully saturated rings. The van der Waals surface area contributed by atoms with Gasteiger partial charge in [0.15, 0.2) is 0 Å². The third-order valence-electron chi connectivity index (χ3n) is 2.12. The van der Waals surface area contributed by atoms with E-state index in [-0.39, 0.29) is 5.75 Å². The van der Waals surface area contributed by atoms with Gasteiger partial charge in [-0.2, -0.15) is 4.72 Å². The normalized spacial score (nSPS) is 12.1. The Labute approximate surface area is 103 Å². The SMILES string of the molecule is C#CC(C)(C)NS(=O)(=O)CCc1ccccn1. The molecule has 4 nitrogen and oxygen atoms in total. The van der Waals surface area contributed by atoms with Crippen LogP contribution in [0.3, 0.4) is 0 Å². The number of terminal acetylenes is 1. The number of hydrogen-bond acceptors (Lipinski definition) is 3. The lowest BCUT2D eigenvalue weighted by Crippen LogP contribution is -2.43. The first-order chi connectivity index (χ1) is 7.85. The predicted octanol–water partition coefficient (Wildman–Crippen LogP) is 0.955. The van der Waals surface area contributed by atoms with Crippen LogP contribution in [0.4, 0.5) is 0 Å². The molecule has 0 radical (unpaired) electrons. The van der Waals surface area contributed by atoms with Gasteiger partial charge in [-0.3, -0.25) is 4.98 Å². The van der Waals surface area contributed by atoms with Gasteiger partial charge in [-0.05, 0) is 26.0 Å². The van der Waals surface area contributed by atoms with Crippen molar-refractivity contribution in [2.45, 2.75) is 25.8 Å². The van der Waals surface area contributed by atoms with Crippen molar-refractivity contribution < 1.29 is 8.42 Å². The lowest BCUT2D eigenvalue weighted by Gasteiger charge is -2.19. The van der Waals surface area contributed by atoms with Crippen molar-refractivity contribution in [2.75, 3.05) is 5.75 Å². The van der Waals surface area contributed by atoms with E-state index in [4.69, 9.17) is 6.42 Å². The minimum atomic E-state index is -3.38. The summed E-state index contributed by atoms with van der Waals surface area (Å²) in [7, 11) is -3.38. The molecule has 0 aliphatic heterocycles. The number of rotatable bonds is 5. The fourth-order valence-corrected chi connectivity index (χ4v) is 2.67. The van der Waals surface area contributed by atoms with E-state index in [1.54, 1.807) is 32.2 Å². The molecule has 0 aromatic carbocycles. The van der Waals surface area contributed by atoms with E-state index in [2.05, 4.69) is 15.6 Å². The molecule has 1 aromatic heterocycles. The summed E-state index contributed by atoms with van der Waals surface area (Å²) in [6.07, 6.45) is 7.24. The Morgan fingerprint density at radius 1 is 1.47 bits per heavy atom. The average molecular weight is 252 g/mol. The van der Waals surface area contributed by atoms with E-state index in [0.29, 0.717) is 6.42 Å². The Kier molecular flexibility index (Phi) is 4.27. The van der Waals surface area contributed by atoms with Crippen molar-refractivity contribution in [1.82, 2.24) is 9.71 Å². The molecule has 92 valence electrons. The maximum absolute atomic E-state index is 11.7. The Morgan fingerprint density at radius 2 is 2.18 bits per heavy atom. The lowest BCUT2D eigenvalue weighted by molar-refractivity contribution is 0.538. The van der Waals surface area contributed by atoms with Gasteiger partial charge in [-0.1, -0.05) is 12.0 Å². The summed E-state index contributed by atoms with van der Waals surface area (Å²) < 4.78 is 25.9. The van der Waals surface area contributed by atoms with Crippen molar-refractivity contribution in [2.24, 2.45) is 0 Å². The highest BCUT2D eigenvalue weighted by molar-refractivity contribution is 7.89. The molecule has 1 N–H and O–H groups in total. The van der Waals surface area contributed by atoms with Gasteiger partial charge in [0, 0.05) is 18.3 Å². The largest absolute Gasteiger partial charge is 0.261 e. The smallest absolute Gasteiger partial charge is 0.213 e. The standard InChI is InChI=1S/C12H16N2O2S/c1-4-12(2,3)14-17(15,16)10-8-11-7-5-6-9-13-11/h1,5-7,9,14H,8,10H2,2-3H3. The third-order valence-corrected chi connectivity index (χ3v) is 3.69. The lowest BCUT2D eigenvalue weighted by atomic mass is 10.1. The molecule has 1 rings (SSSR count). The molecule has 0 bridgehead atoms. The van der Waals surface area contributed by atoms with Gasteiger partial charge in [-0.25, -0.2) is 8.42 Å². The zero-order valence-corrected chi connectivity index (χ0v) is 10.8. The molecule has 0 atom stereocenters. The van der Waals surface area contributed by atoms with Crippen molar-refractivity contribution >= 4 is 10.0 Å². The zero-order chi connectivity index (χ0) is 12.9. The Bertz CT molecular complexity index is 501. The maximum Gasteiger partial charge on any atom is 0.213 e. The van der Waals surface area contributed by atoms with Gasteiger partial charge in [-0.15, -0.1) is 6.42 Å². The highest BCUT2D eigenvalue weighted by Gasteiger charge is 2.22. The first-order valence-corrected chi connectivity index (χ1v) is 6.89. The van der Waals surface area contributed by atoms with Gasteiger partial charge in [0.25, 0.3) is 0 Å². The molecule has 0 amide bonds. The molecule has 0 unspecified atom stereocenters. The number of nitrogens with zero attached hydrogens (tertiary/aromatic N) is 1. The summed E-state index contributed by atoms with van der Waals surface area (Å²) in [6, 6.07) is 5.41. The number of nitrogens with one attached hydrogen (secondary N) is 1. The summed E-state index contributed by atoms with van der Waals surface area (Å²) in [6.45, 7) is 3.29. The van der Waals surface area contributed by atoms with Gasteiger partial charge in [0.1, 0.15) is 0 Å². The summed E-state index contributed by atoms with van der Waals surface area (Å²) in [4.78, 5) is 4.07. The maximum atomic E-state index is 11.7. The summed E-state index contributed by atoms with van der Waals surface area (Å²) in [5.41, 5.74) is -0.112. The minimum Gasteiger partial charge on any atom is -0.261 e. The summed E-state index contributed by atoms with van der Waals surface area (Å²) in [5, 5.41) is 0. The number of pyridine rings is 1. The number of aryl methyl sites for hydroxylation is 1. The third kappa shape index (κ3) is 4.98. The highest BCUT2D eigenvalue weighted by Crippen LogP contribution is 2.04. The highest BCUT2D eigenvalue weighted by atomic mass is 32.2. The average Bonchev–Trinajstić information content (AvgIpc) is 2.27. The van der Waals surface area contributed by atoms with Crippen molar-refractivity contribution in [3.63, 3.8) is 0 Å². The van der Waals surface area contributed by atoms with Crippen molar-refractivity contribution in [3.8, 4) is 12.3 Å². The van der Waals surface area contributed by atoms with Crippen LogP contribution in [-0.4, -0.2) is 24.7 Å². The fraction of sp³-hybridized carbons (Fsp3) is 0.417. The van der Waals surface area contributed by atoms with Crippen LogP contribution in [0.2, 0.25) is 0 Å². The second-order valence-corrected chi connectivity index (χ2v) is 6.10. The van der Waals surface area contributed by atoms with E-state index < -0.39 is 15.6 Å². The van der Waals surface area contributed by atoms with E-state index in [9.17, 15) is 8.42 Å². The second-order valence-electron chi connectivity index (χ2n) is 4.26. The minimum absolute atomic E-state index is 0.0187. The molecule has 1 aromatic rings. The van der Waals surface area contributed by atoms with Gasteiger partial charge < -0.3 is 0 Å². The molecule has 0 spiro atoms. The molecule has 17 heavy (non-hydrogen) atoms. The Hall–Kier alpha value is -1.38. The number of hydrogen-bond donors (Lipinski definition) is 1. The molecule has 0 aliphatic rings. The van der Waals surface area contributed by atoms with E-state index in [1.807, 2.05) is 6.07 Å². The van der Waals surface area contributed by atoms with Crippen LogP contribution in [0.25, 0.3) is 0 Å². The zero-order valence-electron chi connectivity index (χ0n) is 9.97. The van der Waals surface area contributed by atoms with E-state index >= 15 is 0 Å². The van der Waals surface area contributed by atoms with Crippen molar-refractivity contribution in [1.29, 1.82) is 0 Å². The molecular formula is C12H16N2O2S. The van der Waals surface area contributed by atoms with Crippen LogP contribution in [0.15, 0.2) is 24.4 Å². The molecule has 1 heterocycles. The number of sulfonamides is 1. The number of aromatic nitrogens is 1. The van der Waals surface area contributed by atoms with Crippen LogP contribution >= 0.6 is 0 Å². The predicted molar refractivity (Wildman–Crippen MR) is 67.8 cm³/mol. The second kappa shape index (κ2) is 5.30.